The molecule has 0 aromatic heterocycles. The van der Waals surface area contributed by atoms with Gasteiger partial charge in [-0.1, -0.05) is 18.9 Å². The van der Waals surface area contributed by atoms with Crippen molar-refractivity contribution < 1.29 is 14.7 Å². The molecular formula is C16H18N2O3. The van der Waals surface area contributed by atoms with Crippen LogP contribution in [0.3, 0.4) is 0 Å². The minimum atomic E-state index is -0.995. The Hall–Kier alpha value is -2.04. The maximum absolute atomic E-state index is 12.4. The average Bonchev–Trinajstić information content (AvgIpc) is 2.87. The molecule has 1 saturated carbocycles. The fourth-order valence-corrected chi connectivity index (χ4v) is 4.31. The van der Waals surface area contributed by atoms with Crippen LogP contribution < -0.4 is 10.2 Å². The van der Waals surface area contributed by atoms with Gasteiger partial charge in [-0.25, -0.2) is 4.79 Å². The number of carbonyl (C=O) groups is 2. The van der Waals surface area contributed by atoms with Crippen LogP contribution in [-0.2, 0) is 4.79 Å². The number of rotatable bonds is 1. The number of carbonyl (C=O) groups excluding carboxylic acids is 1. The molecule has 2 aliphatic heterocycles. The van der Waals surface area contributed by atoms with Crippen LogP contribution in [0.15, 0.2) is 18.2 Å². The molecule has 5 nitrogen and oxygen atoms in total. The summed E-state index contributed by atoms with van der Waals surface area (Å²) < 4.78 is 0. The Balaban J connectivity index is 1.84. The van der Waals surface area contributed by atoms with Crippen LogP contribution in [0.5, 0.6) is 0 Å². The van der Waals surface area contributed by atoms with Crippen molar-refractivity contribution in [3.05, 3.63) is 23.8 Å². The lowest BCUT2D eigenvalue weighted by Crippen LogP contribution is -2.48. The van der Waals surface area contributed by atoms with Gasteiger partial charge in [0.2, 0.25) is 5.91 Å². The van der Waals surface area contributed by atoms with Crippen LogP contribution in [0, 0.1) is 5.92 Å². The Bertz CT molecular complexity index is 628. The molecule has 4 rings (SSSR count). The molecule has 2 N–H and O–H groups in total. The third-order valence-electron chi connectivity index (χ3n) is 5.19. The third-order valence-corrected chi connectivity index (χ3v) is 5.19. The van der Waals surface area contributed by atoms with Gasteiger partial charge in [-0.2, -0.15) is 0 Å². The molecule has 1 aromatic rings. The number of aromatic carboxylic acids is 1. The molecular weight excluding hydrogens is 268 g/mol. The first-order chi connectivity index (χ1) is 10.2. The first kappa shape index (κ1) is 12.7. The van der Waals surface area contributed by atoms with E-state index in [1.807, 2.05) is 6.07 Å². The molecule has 3 unspecified atom stereocenters. The van der Waals surface area contributed by atoms with Crippen molar-refractivity contribution in [2.45, 2.75) is 44.2 Å². The van der Waals surface area contributed by atoms with Gasteiger partial charge in [0, 0.05) is 6.04 Å². The van der Waals surface area contributed by atoms with E-state index in [4.69, 9.17) is 0 Å². The van der Waals surface area contributed by atoms with E-state index in [1.165, 1.54) is 19.3 Å². The summed E-state index contributed by atoms with van der Waals surface area (Å²) in [6, 6.07) is 5.52. The van der Waals surface area contributed by atoms with E-state index < -0.39 is 5.97 Å². The largest absolute Gasteiger partial charge is 0.478 e. The Labute approximate surface area is 122 Å². The van der Waals surface area contributed by atoms with E-state index in [9.17, 15) is 14.7 Å². The van der Waals surface area contributed by atoms with Crippen molar-refractivity contribution in [2.24, 2.45) is 5.92 Å². The van der Waals surface area contributed by atoms with Crippen molar-refractivity contribution in [1.29, 1.82) is 0 Å². The maximum Gasteiger partial charge on any atom is 0.337 e. The Morgan fingerprint density at radius 1 is 1.29 bits per heavy atom. The second-order valence-corrected chi connectivity index (χ2v) is 6.26. The Morgan fingerprint density at radius 3 is 2.90 bits per heavy atom. The number of carboxylic acid groups (broad SMARTS) is 1. The van der Waals surface area contributed by atoms with Gasteiger partial charge >= 0.3 is 5.97 Å². The first-order valence-corrected chi connectivity index (χ1v) is 7.62. The standard InChI is InChI=1S/C16H18N2O3/c19-15-13-8-9-4-1-2-6-11(9)18(13)12-7-3-5-10(16(20)21)14(12)17-15/h3,5,7,9,11,13H,1-2,4,6,8H2,(H,17,19)(H,20,21). The number of para-hydroxylation sites is 1. The van der Waals surface area contributed by atoms with Gasteiger partial charge < -0.3 is 15.3 Å². The lowest BCUT2D eigenvalue weighted by atomic mass is 9.84. The van der Waals surface area contributed by atoms with Crippen LogP contribution in [0.2, 0.25) is 0 Å². The highest BCUT2D eigenvalue weighted by Gasteiger charge is 2.48. The fraction of sp³-hybridized carbons (Fsp3) is 0.500. The Kier molecular flexibility index (Phi) is 2.71. The van der Waals surface area contributed by atoms with E-state index in [1.54, 1.807) is 12.1 Å². The average molecular weight is 286 g/mol. The van der Waals surface area contributed by atoms with Gasteiger partial charge in [-0.15, -0.1) is 0 Å². The lowest BCUT2D eigenvalue weighted by molar-refractivity contribution is -0.117. The monoisotopic (exact) mass is 286 g/mol. The number of nitrogens with one attached hydrogen (secondary N) is 1. The summed E-state index contributed by atoms with van der Waals surface area (Å²) in [6.07, 6.45) is 5.61. The zero-order chi connectivity index (χ0) is 14.6. The molecule has 110 valence electrons. The topological polar surface area (TPSA) is 69.6 Å². The van der Waals surface area contributed by atoms with E-state index in [2.05, 4.69) is 10.2 Å². The summed E-state index contributed by atoms with van der Waals surface area (Å²) >= 11 is 0. The predicted molar refractivity (Wildman–Crippen MR) is 78.7 cm³/mol. The molecule has 2 heterocycles. The normalized spacial score (nSPS) is 30.2. The van der Waals surface area contributed by atoms with E-state index >= 15 is 0 Å². The molecule has 3 atom stereocenters. The second-order valence-electron chi connectivity index (χ2n) is 6.26. The van der Waals surface area contributed by atoms with Crippen molar-refractivity contribution in [3.8, 4) is 0 Å². The van der Waals surface area contributed by atoms with Crippen LogP contribution in [0.25, 0.3) is 0 Å². The van der Waals surface area contributed by atoms with Crippen LogP contribution in [0.4, 0.5) is 11.4 Å². The Morgan fingerprint density at radius 2 is 2.10 bits per heavy atom. The van der Waals surface area contributed by atoms with Gasteiger partial charge in [0.05, 0.1) is 16.9 Å². The molecule has 1 aromatic carbocycles. The molecule has 1 aliphatic carbocycles. The molecule has 2 fully saturated rings. The minimum Gasteiger partial charge on any atom is -0.478 e. The number of hydrogen-bond donors (Lipinski definition) is 2. The van der Waals surface area contributed by atoms with Crippen LogP contribution in [-0.4, -0.2) is 29.1 Å². The first-order valence-electron chi connectivity index (χ1n) is 7.62. The summed E-state index contributed by atoms with van der Waals surface area (Å²) in [7, 11) is 0. The van der Waals surface area contributed by atoms with E-state index in [0.29, 0.717) is 17.6 Å². The number of nitrogens with zero attached hydrogens (tertiary/aromatic N) is 1. The summed E-state index contributed by atoms with van der Waals surface area (Å²) in [6.45, 7) is 0. The van der Waals surface area contributed by atoms with Crippen molar-refractivity contribution in [2.75, 3.05) is 10.2 Å². The quantitative estimate of drug-likeness (QED) is 0.832. The highest BCUT2D eigenvalue weighted by molar-refractivity contribution is 6.10. The number of carboxylic acids is 1. The van der Waals surface area contributed by atoms with E-state index in [-0.39, 0.29) is 17.5 Å². The highest BCUT2D eigenvalue weighted by Crippen LogP contribution is 2.47. The second kappa shape index (κ2) is 4.48. The summed E-state index contributed by atoms with van der Waals surface area (Å²) in [5.74, 6) is -0.482. The predicted octanol–water partition coefficient (Wildman–Crippen LogP) is 2.47. The summed E-state index contributed by atoms with van der Waals surface area (Å²) in [5, 5.41) is 12.2. The van der Waals surface area contributed by atoms with Gasteiger partial charge in [0.1, 0.15) is 6.04 Å². The summed E-state index contributed by atoms with van der Waals surface area (Å²) in [4.78, 5) is 26.0. The van der Waals surface area contributed by atoms with Crippen LogP contribution >= 0.6 is 0 Å². The molecule has 21 heavy (non-hydrogen) atoms. The van der Waals surface area contributed by atoms with Crippen molar-refractivity contribution in [3.63, 3.8) is 0 Å². The van der Waals surface area contributed by atoms with E-state index in [0.717, 1.165) is 18.5 Å². The molecule has 3 aliphatic rings. The zero-order valence-corrected chi connectivity index (χ0v) is 11.7. The van der Waals surface area contributed by atoms with Gasteiger partial charge in [0.25, 0.3) is 0 Å². The number of hydrogen-bond acceptors (Lipinski definition) is 3. The number of benzene rings is 1. The number of amides is 1. The smallest absolute Gasteiger partial charge is 0.337 e. The zero-order valence-electron chi connectivity index (χ0n) is 11.7. The van der Waals surface area contributed by atoms with Gasteiger partial charge in [0.15, 0.2) is 0 Å². The van der Waals surface area contributed by atoms with Crippen molar-refractivity contribution >= 4 is 23.3 Å². The molecule has 0 bridgehead atoms. The van der Waals surface area contributed by atoms with Gasteiger partial charge in [-0.3, -0.25) is 4.79 Å². The highest BCUT2D eigenvalue weighted by atomic mass is 16.4. The lowest BCUT2D eigenvalue weighted by Gasteiger charge is -2.39. The van der Waals surface area contributed by atoms with Crippen LogP contribution in [0.1, 0.15) is 42.5 Å². The molecule has 5 heteroatoms. The van der Waals surface area contributed by atoms with Crippen molar-refractivity contribution in [1.82, 2.24) is 0 Å². The molecule has 0 radical (unpaired) electrons. The molecule has 0 spiro atoms. The summed E-state index contributed by atoms with van der Waals surface area (Å²) in [5.41, 5.74) is 1.53. The maximum atomic E-state index is 12.4. The minimum absolute atomic E-state index is 0.0504. The number of anilines is 2. The molecule has 1 amide bonds. The number of fused-ring (bicyclic) bond motifs is 5. The SMILES string of the molecule is O=C(O)c1cccc2c1NC(=O)C1CC3CCCCC3N21. The molecule has 1 saturated heterocycles. The van der Waals surface area contributed by atoms with Gasteiger partial charge in [-0.05, 0) is 37.3 Å². The third kappa shape index (κ3) is 1.76. The fourth-order valence-electron chi connectivity index (χ4n) is 4.31.